The number of amides is 1. The van der Waals surface area contributed by atoms with Crippen LogP contribution in [0.2, 0.25) is 0 Å². The number of hydrogen-bond donors (Lipinski definition) is 2. The van der Waals surface area contributed by atoms with E-state index in [0.717, 1.165) is 12.0 Å². The zero-order chi connectivity index (χ0) is 24.1. The minimum absolute atomic E-state index is 0.0659. The summed E-state index contributed by atoms with van der Waals surface area (Å²) < 4.78 is 45.0. The van der Waals surface area contributed by atoms with Crippen molar-refractivity contribution >= 4 is 27.3 Å². The van der Waals surface area contributed by atoms with Crippen molar-refractivity contribution in [2.24, 2.45) is 0 Å². The fraction of sp³-hybridized carbons (Fsp3) is 0.240. The van der Waals surface area contributed by atoms with Crippen LogP contribution in [0.4, 0.5) is 11.4 Å². The van der Waals surface area contributed by atoms with Crippen molar-refractivity contribution < 1.29 is 27.4 Å². The predicted octanol–water partition coefficient (Wildman–Crippen LogP) is 4.36. The molecule has 1 atom stereocenters. The summed E-state index contributed by atoms with van der Waals surface area (Å²) in [6.45, 7) is 4.62. The average Bonchev–Trinajstić information content (AvgIpc) is 3.06. The summed E-state index contributed by atoms with van der Waals surface area (Å²) in [7, 11) is -3.84. The summed E-state index contributed by atoms with van der Waals surface area (Å²) in [5.41, 5.74) is 1.97. The number of sulfonamides is 1. The molecule has 0 aliphatic carbocycles. The van der Waals surface area contributed by atoms with Gasteiger partial charge in [0.15, 0.2) is 17.6 Å². The minimum Gasteiger partial charge on any atom is -0.490 e. The molecule has 0 fully saturated rings. The zero-order valence-corrected chi connectivity index (χ0v) is 19.7. The van der Waals surface area contributed by atoms with E-state index in [2.05, 4.69) is 10.0 Å². The molecule has 1 aliphatic rings. The Bertz CT molecular complexity index is 1260. The molecule has 8 nitrogen and oxygen atoms in total. The van der Waals surface area contributed by atoms with Gasteiger partial charge in [-0.15, -0.1) is 0 Å². The molecule has 1 aliphatic heterocycles. The third-order valence-electron chi connectivity index (χ3n) is 5.14. The van der Waals surface area contributed by atoms with E-state index in [1.54, 1.807) is 37.3 Å². The molecule has 34 heavy (non-hydrogen) atoms. The van der Waals surface area contributed by atoms with Crippen LogP contribution in [0.5, 0.6) is 17.2 Å². The van der Waals surface area contributed by atoms with Crippen molar-refractivity contribution in [3.8, 4) is 17.2 Å². The Labute approximate surface area is 198 Å². The highest BCUT2D eigenvalue weighted by Crippen LogP contribution is 2.32. The first-order chi connectivity index (χ1) is 16.3. The second kappa shape index (κ2) is 10.0. The number of hydrogen-bond acceptors (Lipinski definition) is 6. The van der Waals surface area contributed by atoms with Crippen molar-refractivity contribution in [3.63, 3.8) is 0 Å². The van der Waals surface area contributed by atoms with Crippen LogP contribution in [0.3, 0.4) is 0 Å². The van der Waals surface area contributed by atoms with Gasteiger partial charge in [-0.25, -0.2) is 8.42 Å². The first kappa shape index (κ1) is 23.4. The third kappa shape index (κ3) is 5.79. The van der Waals surface area contributed by atoms with Gasteiger partial charge in [-0.2, -0.15) is 0 Å². The summed E-state index contributed by atoms with van der Waals surface area (Å²) in [6.07, 6.45) is 0.0228. The predicted molar refractivity (Wildman–Crippen MR) is 129 cm³/mol. The lowest BCUT2D eigenvalue weighted by Gasteiger charge is -2.15. The minimum atomic E-state index is -3.84. The van der Waals surface area contributed by atoms with Gasteiger partial charge in [0.1, 0.15) is 5.75 Å². The Morgan fingerprint density at radius 2 is 1.56 bits per heavy atom. The number of ether oxygens (including phenoxy) is 3. The van der Waals surface area contributed by atoms with Gasteiger partial charge in [-0.3, -0.25) is 9.52 Å². The van der Waals surface area contributed by atoms with Gasteiger partial charge in [0, 0.05) is 23.9 Å². The number of nitrogens with one attached hydrogen (secondary N) is 2. The highest BCUT2D eigenvalue weighted by molar-refractivity contribution is 7.92. The molecule has 0 radical (unpaired) electrons. The summed E-state index contributed by atoms with van der Waals surface area (Å²) in [5.74, 6) is 1.21. The van der Waals surface area contributed by atoms with E-state index in [0.29, 0.717) is 41.8 Å². The molecule has 3 aromatic carbocycles. The summed E-state index contributed by atoms with van der Waals surface area (Å²) in [5, 5.41) is 2.76. The molecule has 0 spiro atoms. The molecule has 1 unspecified atom stereocenters. The van der Waals surface area contributed by atoms with Crippen LogP contribution in [0.15, 0.2) is 71.6 Å². The van der Waals surface area contributed by atoms with Crippen LogP contribution < -0.4 is 24.2 Å². The van der Waals surface area contributed by atoms with E-state index in [1.165, 1.54) is 12.1 Å². The zero-order valence-electron chi connectivity index (χ0n) is 18.9. The molecule has 3 aromatic rings. The van der Waals surface area contributed by atoms with Crippen molar-refractivity contribution in [2.75, 3.05) is 23.3 Å². The molecule has 0 aromatic heterocycles. The molecule has 178 valence electrons. The molecule has 1 amide bonds. The highest BCUT2D eigenvalue weighted by Gasteiger charge is 2.19. The molecule has 1 heterocycles. The molecule has 0 bridgehead atoms. The van der Waals surface area contributed by atoms with E-state index in [9.17, 15) is 13.2 Å². The Balaban J connectivity index is 1.38. The quantitative estimate of drug-likeness (QED) is 0.519. The molecule has 9 heteroatoms. The van der Waals surface area contributed by atoms with Crippen molar-refractivity contribution in [2.45, 2.75) is 31.3 Å². The largest absolute Gasteiger partial charge is 0.490 e. The van der Waals surface area contributed by atoms with Crippen LogP contribution in [0, 0.1) is 6.92 Å². The topological polar surface area (TPSA) is 103 Å². The lowest BCUT2D eigenvalue weighted by molar-refractivity contribution is -0.122. The maximum Gasteiger partial charge on any atom is 0.265 e. The summed E-state index contributed by atoms with van der Waals surface area (Å²) >= 11 is 0. The maximum atomic E-state index is 12.8. The van der Waals surface area contributed by atoms with E-state index in [1.807, 2.05) is 31.2 Å². The average molecular weight is 483 g/mol. The normalized spacial score (nSPS) is 13.9. The Hall–Kier alpha value is -3.72. The van der Waals surface area contributed by atoms with Gasteiger partial charge < -0.3 is 19.5 Å². The first-order valence-corrected chi connectivity index (χ1v) is 12.4. The van der Waals surface area contributed by atoms with Crippen LogP contribution >= 0.6 is 0 Å². The molecule has 0 saturated heterocycles. The van der Waals surface area contributed by atoms with E-state index >= 15 is 0 Å². The molecule has 2 N–H and O–H groups in total. The second-order valence-electron chi connectivity index (χ2n) is 7.90. The maximum absolute atomic E-state index is 12.8. The molecule has 0 saturated carbocycles. The lowest BCUT2D eigenvalue weighted by atomic mass is 10.2. The van der Waals surface area contributed by atoms with Crippen LogP contribution in [0.1, 0.15) is 18.9 Å². The van der Waals surface area contributed by atoms with Crippen LogP contribution in [-0.2, 0) is 14.8 Å². The van der Waals surface area contributed by atoms with Gasteiger partial charge in [0.25, 0.3) is 15.9 Å². The smallest absolute Gasteiger partial charge is 0.265 e. The summed E-state index contributed by atoms with van der Waals surface area (Å²) in [6, 6.07) is 18.3. The number of carbonyl (C=O) groups excluding carboxylic acids is 1. The molecular formula is C25H26N2O6S. The number of rotatable bonds is 7. The van der Waals surface area contributed by atoms with Gasteiger partial charge in [-0.05, 0) is 62.4 Å². The van der Waals surface area contributed by atoms with E-state index < -0.39 is 16.1 Å². The fourth-order valence-corrected chi connectivity index (χ4v) is 4.34. The SMILES string of the molecule is Cc1ccc(OC(C)C(=O)Nc2ccc(NS(=O)(=O)c3ccc4c(c3)OCCCO4)cc2)cc1. The Morgan fingerprint density at radius 1 is 0.912 bits per heavy atom. The van der Waals surface area contributed by atoms with Crippen LogP contribution in [-0.4, -0.2) is 33.6 Å². The number of benzene rings is 3. The number of fused-ring (bicyclic) bond motifs is 1. The van der Waals surface area contributed by atoms with Crippen molar-refractivity contribution in [3.05, 3.63) is 72.3 Å². The highest BCUT2D eigenvalue weighted by atomic mass is 32.2. The molecule has 4 rings (SSSR count). The van der Waals surface area contributed by atoms with Gasteiger partial charge in [0.05, 0.1) is 18.1 Å². The summed E-state index contributed by atoms with van der Waals surface area (Å²) in [4.78, 5) is 12.5. The Morgan fingerprint density at radius 3 is 2.26 bits per heavy atom. The number of aryl methyl sites for hydroxylation is 1. The van der Waals surface area contributed by atoms with Crippen molar-refractivity contribution in [1.82, 2.24) is 0 Å². The fourth-order valence-electron chi connectivity index (χ4n) is 3.26. The van der Waals surface area contributed by atoms with Gasteiger partial charge in [0.2, 0.25) is 0 Å². The monoisotopic (exact) mass is 482 g/mol. The number of anilines is 2. The molecular weight excluding hydrogens is 456 g/mol. The van der Waals surface area contributed by atoms with E-state index in [-0.39, 0.29) is 10.8 Å². The standard InChI is InChI=1S/C25H26N2O6S/c1-17-4-10-21(11-5-17)33-18(2)25(28)26-19-6-8-20(9-7-19)27-34(29,30)22-12-13-23-24(16-22)32-15-3-14-31-23/h4-13,16,18,27H,3,14-15H2,1-2H3,(H,26,28). The lowest BCUT2D eigenvalue weighted by Crippen LogP contribution is -2.30. The van der Waals surface area contributed by atoms with Crippen LogP contribution in [0.25, 0.3) is 0 Å². The Kier molecular flexibility index (Phi) is 6.93. The van der Waals surface area contributed by atoms with Gasteiger partial charge >= 0.3 is 0 Å². The first-order valence-electron chi connectivity index (χ1n) is 10.9. The van der Waals surface area contributed by atoms with Crippen molar-refractivity contribution in [1.29, 1.82) is 0 Å². The van der Waals surface area contributed by atoms with E-state index in [4.69, 9.17) is 14.2 Å². The second-order valence-corrected chi connectivity index (χ2v) is 9.59. The third-order valence-corrected chi connectivity index (χ3v) is 6.52. The van der Waals surface area contributed by atoms with Gasteiger partial charge in [-0.1, -0.05) is 17.7 Å². The number of carbonyl (C=O) groups is 1.